The number of halogens is 1. The van der Waals surface area contributed by atoms with Crippen LogP contribution in [0.2, 0.25) is 0 Å². The summed E-state index contributed by atoms with van der Waals surface area (Å²) in [4.78, 5) is 1.52. The molecule has 0 aliphatic rings. The third-order valence-electron chi connectivity index (χ3n) is 2.12. The summed E-state index contributed by atoms with van der Waals surface area (Å²) in [5.41, 5.74) is 0.378. The van der Waals surface area contributed by atoms with Gasteiger partial charge in [-0.2, -0.15) is 0 Å². The molecule has 0 amide bonds. The van der Waals surface area contributed by atoms with E-state index in [2.05, 4.69) is 55.5 Å². The molecule has 0 nitrogen and oxygen atoms in total. The minimum Gasteiger partial charge on any atom is -0.134 e. The Bertz CT molecular complexity index is 250. The van der Waals surface area contributed by atoms with Crippen molar-refractivity contribution in [1.29, 1.82) is 0 Å². The predicted octanol–water partition coefficient (Wildman–Crippen LogP) is 4.43. The van der Waals surface area contributed by atoms with Crippen molar-refractivity contribution in [2.24, 2.45) is 0 Å². The van der Waals surface area contributed by atoms with Gasteiger partial charge in [-0.3, -0.25) is 0 Å². The molecule has 0 bridgehead atoms. The Balaban J connectivity index is 2.81. The Morgan fingerprint density at radius 2 is 2.08 bits per heavy atom. The summed E-state index contributed by atoms with van der Waals surface area (Å²) in [6.45, 7) is 6.91. The van der Waals surface area contributed by atoms with Crippen LogP contribution in [-0.4, -0.2) is 0 Å². The highest BCUT2D eigenvalue weighted by Gasteiger charge is 2.20. The summed E-state index contributed by atoms with van der Waals surface area (Å²) in [6.07, 6.45) is 2.55. The quantitative estimate of drug-likeness (QED) is 0.723. The zero-order valence-electron chi connectivity index (χ0n) is 7.86. The minimum atomic E-state index is 0.378. The molecule has 0 radical (unpaired) electrons. The number of rotatable bonds is 3. The molecule has 1 rings (SSSR count). The third-order valence-corrected chi connectivity index (χ3v) is 4.38. The topological polar surface area (TPSA) is 0 Å². The fourth-order valence-electron chi connectivity index (χ4n) is 1.43. The summed E-state index contributed by atoms with van der Waals surface area (Å²) in [5, 5.41) is 0. The van der Waals surface area contributed by atoms with Crippen molar-refractivity contribution >= 4 is 33.9 Å². The van der Waals surface area contributed by atoms with Gasteiger partial charge in [0.05, 0.1) is 2.88 Å². The zero-order valence-corrected chi connectivity index (χ0v) is 10.8. The monoisotopic (exact) mass is 294 g/mol. The molecular weight excluding hydrogens is 279 g/mol. The number of hydrogen-bond acceptors (Lipinski definition) is 1. The van der Waals surface area contributed by atoms with Crippen molar-refractivity contribution in [3.8, 4) is 0 Å². The SMILES string of the molecule is CCCC(C)(C)c1ccc(I)s1. The van der Waals surface area contributed by atoms with E-state index in [0.29, 0.717) is 5.41 Å². The fraction of sp³-hybridized carbons (Fsp3) is 0.600. The van der Waals surface area contributed by atoms with Crippen molar-refractivity contribution in [3.63, 3.8) is 0 Å². The second-order valence-corrected chi connectivity index (χ2v) is 6.72. The Labute approximate surface area is 92.5 Å². The van der Waals surface area contributed by atoms with Crippen molar-refractivity contribution < 1.29 is 0 Å². The predicted molar refractivity (Wildman–Crippen MR) is 65.0 cm³/mol. The molecule has 0 aliphatic carbocycles. The third kappa shape index (κ3) is 2.46. The lowest BCUT2D eigenvalue weighted by molar-refractivity contribution is 0.482. The fourth-order valence-corrected chi connectivity index (χ4v) is 3.18. The minimum absolute atomic E-state index is 0.378. The van der Waals surface area contributed by atoms with Gasteiger partial charge in [0.2, 0.25) is 0 Å². The molecule has 12 heavy (non-hydrogen) atoms. The molecule has 0 saturated heterocycles. The van der Waals surface area contributed by atoms with Crippen LogP contribution >= 0.6 is 33.9 Å². The van der Waals surface area contributed by atoms with Crippen LogP contribution in [0.5, 0.6) is 0 Å². The van der Waals surface area contributed by atoms with Gasteiger partial charge in [0.25, 0.3) is 0 Å². The molecule has 1 aromatic rings. The first-order chi connectivity index (χ1) is 5.56. The van der Waals surface area contributed by atoms with E-state index < -0.39 is 0 Å². The maximum atomic E-state index is 2.39. The van der Waals surface area contributed by atoms with Crippen molar-refractivity contribution in [2.75, 3.05) is 0 Å². The Hall–Kier alpha value is 0.430. The maximum Gasteiger partial charge on any atom is 0.0656 e. The van der Waals surface area contributed by atoms with E-state index in [1.54, 1.807) is 0 Å². The number of hydrogen-bond donors (Lipinski definition) is 0. The molecule has 0 fully saturated rings. The standard InChI is InChI=1S/C10H15IS/c1-4-7-10(2,3)8-5-6-9(11)12-8/h5-6H,4,7H2,1-3H3. The van der Waals surface area contributed by atoms with Crippen LogP contribution in [0, 0.1) is 2.88 Å². The van der Waals surface area contributed by atoms with Crippen LogP contribution in [0.3, 0.4) is 0 Å². The summed E-state index contributed by atoms with van der Waals surface area (Å²) >= 11 is 4.31. The summed E-state index contributed by atoms with van der Waals surface area (Å²) in [6, 6.07) is 4.47. The van der Waals surface area contributed by atoms with E-state index in [0.717, 1.165) is 0 Å². The van der Waals surface area contributed by atoms with E-state index in [4.69, 9.17) is 0 Å². The Morgan fingerprint density at radius 1 is 1.42 bits per heavy atom. The molecule has 0 spiro atoms. The normalized spacial score (nSPS) is 12.0. The van der Waals surface area contributed by atoms with Crippen LogP contribution in [-0.2, 0) is 5.41 Å². The first-order valence-corrected chi connectivity index (χ1v) is 6.21. The Morgan fingerprint density at radius 3 is 2.50 bits per heavy atom. The first kappa shape index (κ1) is 10.5. The van der Waals surface area contributed by atoms with Crippen LogP contribution in [0.25, 0.3) is 0 Å². The van der Waals surface area contributed by atoms with E-state index >= 15 is 0 Å². The maximum absolute atomic E-state index is 2.39. The molecule has 0 saturated carbocycles. The highest BCUT2D eigenvalue weighted by atomic mass is 127. The largest absolute Gasteiger partial charge is 0.134 e. The van der Waals surface area contributed by atoms with Gasteiger partial charge in [0.1, 0.15) is 0 Å². The molecule has 1 heterocycles. The van der Waals surface area contributed by atoms with Crippen molar-refractivity contribution in [2.45, 2.75) is 39.0 Å². The summed E-state index contributed by atoms with van der Waals surface area (Å²) in [5.74, 6) is 0. The zero-order chi connectivity index (χ0) is 9.19. The number of thiophene rings is 1. The van der Waals surface area contributed by atoms with Gasteiger partial charge < -0.3 is 0 Å². The van der Waals surface area contributed by atoms with Crippen molar-refractivity contribution in [1.82, 2.24) is 0 Å². The van der Waals surface area contributed by atoms with Crippen LogP contribution < -0.4 is 0 Å². The van der Waals surface area contributed by atoms with Crippen LogP contribution in [0.4, 0.5) is 0 Å². The second kappa shape index (κ2) is 4.09. The van der Waals surface area contributed by atoms with E-state index in [1.165, 1.54) is 20.6 Å². The van der Waals surface area contributed by atoms with Gasteiger partial charge in [0.15, 0.2) is 0 Å². The van der Waals surface area contributed by atoms with Crippen LogP contribution in [0.15, 0.2) is 12.1 Å². The van der Waals surface area contributed by atoms with Gasteiger partial charge in [-0.1, -0.05) is 27.2 Å². The highest BCUT2D eigenvalue weighted by molar-refractivity contribution is 14.1. The molecule has 68 valence electrons. The van der Waals surface area contributed by atoms with Crippen molar-refractivity contribution in [3.05, 3.63) is 19.9 Å². The molecular formula is C10H15IS. The highest BCUT2D eigenvalue weighted by Crippen LogP contribution is 2.33. The lowest BCUT2D eigenvalue weighted by Crippen LogP contribution is -2.14. The molecule has 1 aromatic heterocycles. The average molecular weight is 294 g/mol. The van der Waals surface area contributed by atoms with E-state index in [1.807, 2.05) is 11.3 Å². The van der Waals surface area contributed by atoms with Gasteiger partial charge >= 0.3 is 0 Å². The smallest absolute Gasteiger partial charge is 0.0656 e. The van der Waals surface area contributed by atoms with Crippen LogP contribution in [0.1, 0.15) is 38.5 Å². The lowest BCUT2D eigenvalue weighted by Gasteiger charge is -2.21. The average Bonchev–Trinajstić information content (AvgIpc) is 2.36. The summed E-state index contributed by atoms with van der Waals surface area (Å²) in [7, 11) is 0. The Kier molecular flexibility index (Phi) is 3.58. The molecule has 0 atom stereocenters. The van der Waals surface area contributed by atoms with Gasteiger partial charge in [-0.15, -0.1) is 11.3 Å². The molecule has 0 unspecified atom stereocenters. The van der Waals surface area contributed by atoms with Gasteiger partial charge in [-0.25, -0.2) is 0 Å². The van der Waals surface area contributed by atoms with E-state index in [9.17, 15) is 0 Å². The van der Waals surface area contributed by atoms with E-state index in [-0.39, 0.29) is 0 Å². The lowest BCUT2D eigenvalue weighted by atomic mass is 9.86. The molecule has 2 heteroatoms. The van der Waals surface area contributed by atoms with Gasteiger partial charge in [-0.05, 0) is 46.6 Å². The summed E-state index contributed by atoms with van der Waals surface area (Å²) < 4.78 is 1.40. The molecule has 0 aliphatic heterocycles. The first-order valence-electron chi connectivity index (χ1n) is 4.32. The van der Waals surface area contributed by atoms with Gasteiger partial charge in [0, 0.05) is 4.88 Å². The molecule has 0 aromatic carbocycles. The molecule has 0 N–H and O–H groups in total. The second-order valence-electron chi connectivity index (χ2n) is 3.74.